The van der Waals surface area contributed by atoms with Gasteiger partial charge >= 0.3 is 0 Å². The molecular weight excluding hydrogens is 140 g/mol. The van der Waals surface area contributed by atoms with Gasteiger partial charge in [0.1, 0.15) is 0 Å². The van der Waals surface area contributed by atoms with Gasteiger partial charge in [0, 0.05) is 6.21 Å². The first-order valence-electron chi connectivity index (χ1n) is 3.55. The van der Waals surface area contributed by atoms with Gasteiger partial charge in [-0.25, -0.2) is 4.99 Å². The number of allylic oxidation sites excluding steroid dienone is 2. The van der Waals surface area contributed by atoms with Crippen LogP contribution in [0.5, 0.6) is 0 Å². The number of nitrogens with one attached hydrogen (secondary N) is 1. The Balaban J connectivity index is 2.31. The third-order valence-corrected chi connectivity index (χ3v) is 1.80. The van der Waals surface area contributed by atoms with Crippen molar-refractivity contribution in [3.8, 4) is 0 Å². The van der Waals surface area contributed by atoms with E-state index in [1.165, 1.54) is 0 Å². The molecule has 3 nitrogen and oxygen atoms in total. The third-order valence-electron chi connectivity index (χ3n) is 1.80. The minimum Gasteiger partial charge on any atom is -0.379 e. The van der Waals surface area contributed by atoms with E-state index in [2.05, 4.69) is 10.3 Å². The van der Waals surface area contributed by atoms with Crippen molar-refractivity contribution in [1.82, 2.24) is 5.32 Å². The van der Waals surface area contributed by atoms with Crippen LogP contribution in [0.1, 0.15) is 6.42 Å². The Hall–Kier alpha value is -1.38. The van der Waals surface area contributed by atoms with Crippen LogP contribution in [0, 0.1) is 0 Å². The first-order chi connectivity index (χ1) is 5.36. The van der Waals surface area contributed by atoms with Crippen LogP contribution in [0.25, 0.3) is 0 Å². The van der Waals surface area contributed by atoms with Crippen molar-refractivity contribution >= 4 is 12.1 Å². The van der Waals surface area contributed by atoms with Crippen LogP contribution in [0.3, 0.4) is 0 Å². The highest BCUT2D eigenvalue weighted by Crippen LogP contribution is 2.14. The minimum atomic E-state index is -0.0513. The molecule has 11 heavy (non-hydrogen) atoms. The molecule has 1 amide bonds. The van der Waals surface area contributed by atoms with Crippen molar-refractivity contribution in [3.05, 3.63) is 23.9 Å². The normalized spacial score (nSPS) is 27.5. The van der Waals surface area contributed by atoms with E-state index in [0.29, 0.717) is 6.42 Å². The van der Waals surface area contributed by atoms with Crippen LogP contribution in [0.4, 0.5) is 0 Å². The van der Waals surface area contributed by atoms with Crippen molar-refractivity contribution in [2.75, 3.05) is 0 Å². The highest BCUT2D eigenvalue weighted by atomic mass is 16.1. The molecular formula is C8H8N2O. The smallest absolute Gasteiger partial charge is 0.249 e. The third kappa shape index (κ3) is 1.09. The summed E-state index contributed by atoms with van der Waals surface area (Å²) in [5, 5.41) is 3.09. The van der Waals surface area contributed by atoms with E-state index in [-0.39, 0.29) is 11.9 Å². The molecule has 1 unspecified atom stereocenters. The number of rotatable bonds is 0. The summed E-state index contributed by atoms with van der Waals surface area (Å²) in [6.07, 6.45) is 7.83. The Morgan fingerprint density at radius 2 is 2.55 bits per heavy atom. The highest BCUT2D eigenvalue weighted by molar-refractivity contribution is 5.93. The van der Waals surface area contributed by atoms with Gasteiger partial charge in [-0.3, -0.25) is 4.79 Å². The second-order valence-corrected chi connectivity index (χ2v) is 2.59. The molecule has 0 radical (unpaired) electrons. The minimum absolute atomic E-state index is 0.0513. The second kappa shape index (κ2) is 2.34. The van der Waals surface area contributed by atoms with Crippen molar-refractivity contribution in [2.24, 2.45) is 4.99 Å². The maximum absolute atomic E-state index is 10.8. The van der Waals surface area contributed by atoms with Gasteiger partial charge in [0.2, 0.25) is 5.91 Å². The second-order valence-electron chi connectivity index (χ2n) is 2.59. The molecule has 1 atom stereocenters. The number of dihydropyridines is 1. The lowest BCUT2D eigenvalue weighted by Gasteiger charge is -2.21. The lowest BCUT2D eigenvalue weighted by Crippen LogP contribution is -2.33. The molecule has 0 aliphatic carbocycles. The van der Waals surface area contributed by atoms with Gasteiger partial charge in [-0.2, -0.15) is 0 Å². The van der Waals surface area contributed by atoms with E-state index in [4.69, 9.17) is 0 Å². The van der Waals surface area contributed by atoms with E-state index < -0.39 is 0 Å². The van der Waals surface area contributed by atoms with Crippen LogP contribution in [0.15, 0.2) is 28.9 Å². The zero-order valence-corrected chi connectivity index (χ0v) is 5.95. The molecule has 0 fully saturated rings. The van der Waals surface area contributed by atoms with Gasteiger partial charge < -0.3 is 5.32 Å². The van der Waals surface area contributed by atoms with Crippen molar-refractivity contribution in [1.29, 1.82) is 0 Å². The predicted molar refractivity (Wildman–Crippen MR) is 42.3 cm³/mol. The molecule has 2 rings (SSSR count). The SMILES string of the molecule is O=C1CC2=CC=CNC2C=N1. The van der Waals surface area contributed by atoms with E-state index >= 15 is 0 Å². The quantitative estimate of drug-likeness (QED) is 0.540. The van der Waals surface area contributed by atoms with Crippen LogP contribution < -0.4 is 5.32 Å². The highest BCUT2D eigenvalue weighted by Gasteiger charge is 2.19. The first kappa shape index (κ1) is 6.34. The fourth-order valence-electron chi connectivity index (χ4n) is 1.23. The summed E-state index contributed by atoms with van der Waals surface area (Å²) in [7, 11) is 0. The molecule has 0 saturated heterocycles. The Kier molecular flexibility index (Phi) is 1.35. The average molecular weight is 148 g/mol. The predicted octanol–water partition coefficient (Wildman–Crippen LogP) is 0.399. The summed E-state index contributed by atoms with van der Waals surface area (Å²) in [6.45, 7) is 0. The van der Waals surface area contributed by atoms with Gasteiger partial charge in [0.05, 0.1) is 12.5 Å². The van der Waals surface area contributed by atoms with Crippen LogP contribution >= 0.6 is 0 Å². The molecule has 1 N–H and O–H groups in total. The van der Waals surface area contributed by atoms with E-state index in [1.54, 1.807) is 6.21 Å². The summed E-state index contributed by atoms with van der Waals surface area (Å²) in [5.41, 5.74) is 1.10. The number of hydrogen-bond acceptors (Lipinski definition) is 2. The topological polar surface area (TPSA) is 41.5 Å². The summed E-state index contributed by atoms with van der Waals surface area (Å²) in [6, 6.07) is 0.151. The fraction of sp³-hybridized carbons (Fsp3) is 0.250. The van der Waals surface area contributed by atoms with Crippen LogP contribution in [-0.4, -0.2) is 18.2 Å². The largest absolute Gasteiger partial charge is 0.379 e. The molecule has 3 heteroatoms. The van der Waals surface area contributed by atoms with Gasteiger partial charge in [-0.05, 0) is 17.8 Å². The number of carbonyl (C=O) groups excluding carboxylic acids is 1. The fourth-order valence-corrected chi connectivity index (χ4v) is 1.23. The molecule has 0 saturated carbocycles. The first-order valence-corrected chi connectivity index (χ1v) is 3.55. The van der Waals surface area contributed by atoms with E-state index in [9.17, 15) is 4.79 Å². The van der Waals surface area contributed by atoms with Crippen LogP contribution in [0.2, 0.25) is 0 Å². The monoisotopic (exact) mass is 148 g/mol. The summed E-state index contributed by atoms with van der Waals surface area (Å²) >= 11 is 0. The molecule has 2 aliphatic rings. The average Bonchev–Trinajstić information content (AvgIpc) is 2.04. The van der Waals surface area contributed by atoms with Gasteiger partial charge in [0.25, 0.3) is 0 Å². The lowest BCUT2D eigenvalue weighted by atomic mass is 10.00. The Morgan fingerprint density at radius 1 is 1.64 bits per heavy atom. The number of hydrogen-bond donors (Lipinski definition) is 1. The lowest BCUT2D eigenvalue weighted by molar-refractivity contribution is -0.117. The van der Waals surface area contributed by atoms with Gasteiger partial charge in [0.15, 0.2) is 0 Å². The van der Waals surface area contributed by atoms with Gasteiger partial charge in [-0.1, -0.05) is 6.08 Å². The molecule has 0 aromatic heterocycles. The molecule has 56 valence electrons. The molecule has 2 heterocycles. The zero-order chi connectivity index (χ0) is 7.68. The summed E-state index contributed by atoms with van der Waals surface area (Å²) in [4.78, 5) is 14.5. The summed E-state index contributed by atoms with van der Waals surface area (Å²) < 4.78 is 0. The molecule has 0 bridgehead atoms. The number of fused-ring (bicyclic) bond motifs is 1. The Labute approximate surface area is 64.5 Å². The molecule has 0 spiro atoms. The standard InChI is InChI=1S/C8H8N2O/c11-8-4-6-2-1-3-9-7(6)5-10-8/h1-3,5,7,9H,4H2. The molecule has 0 aromatic rings. The summed E-state index contributed by atoms with van der Waals surface area (Å²) in [5.74, 6) is -0.0513. The number of aliphatic imine (C=N–C) groups is 1. The van der Waals surface area contributed by atoms with Crippen molar-refractivity contribution in [2.45, 2.75) is 12.5 Å². The van der Waals surface area contributed by atoms with Crippen molar-refractivity contribution < 1.29 is 4.79 Å². The Morgan fingerprint density at radius 3 is 3.45 bits per heavy atom. The van der Waals surface area contributed by atoms with E-state index in [1.807, 2.05) is 18.4 Å². The number of carbonyl (C=O) groups is 1. The number of amides is 1. The molecule has 0 aromatic carbocycles. The maximum Gasteiger partial charge on any atom is 0.249 e. The maximum atomic E-state index is 10.8. The van der Waals surface area contributed by atoms with Crippen molar-refractivity contribution in [3.63, 3.8) is 0 Å². The van der Waals surface area contributed by atoms with E-state index in [0.717, 1.165) is 5.57 Å². The van der Waals surface area contributed by atoms with Crippen LogP contribution in [-0.2, 0) is 4.79 Å². The molecule has 2 aliphatic heterocycles. The zero-order valence-electron chi connectivity index (χ0n) is 5.95. The van der Waals surface area contributed by atoms with Gasteiger partial charge in [-0.15, -0.1) is 0 Å². The number of nitrogens with zero attached hydrogens (tertiary/aromatic N) is 1. The Bertz CT molecular complexity index is 276.